The van der Waals surface area contributed by atoms with E-state index in [4.69, 9.17) is 9.97 Å². The van der Waals surface area contributed by atoms with Crippen molar-refractivity contribution in [2.75, 3.05) is 5.75 Å². The van der Waals surface area contributed by atoms with E-state index in [1.807, 2.05) is 11.3 Å². The summed E-state index contributed by atoms with van der Waals surface area (Å²) in [4.78, 5) is 35.9. The SMILES string of the molecule is CCC(=O)NNC(=O)CSc1nc(C2CC2)nc2sc3c(c12)CC[C@@H](C(C)(C)C)C3. The molecule has 2 aliphatic carbocycles. The predicted molar refractivity (Wildman–Crippen MR) is 122 cm³/mol. The highest BCUT2D eigenvalue weighted by atomic mass is 32.2. The van der Waals surface area contributed by atoms with Crippen LogP contribution >= 0.6 is 23.1 Å². The Labute approximate surface area is 186 Å². The maximum Gasteiger partial charge on any atom is 0.248 e. The van der Waals surface area contributed by atoms with Gasteiger partial charge in [0.15, 0.2) is 0 Å². The van der Waals surface area contributed by atoms with Crippen molar-refractivity contribution in [1.82, 2.24) is 20.8 Å². The molecular weight excluding hydrogens is 416 g/mol. The molecule has 2 amide bonds. The van der Waals surface area contributed by atoms with Crippen LogP contribution in [0.25, 0.3) is 10.2 Å². The van der Waals surface area contributed by atoms with Gasteiger partial charge in [0.05, 0.1) is 5.75 Å². The van der Waals surface area contributed by atoms with Crippen molar-refractivity contribution >= 4 is 45.1 Å². The van der Waals surface area contributed by atoms with Crippen LogP contribution in [0.5, 0.6) is 0 Å². The summed E-state index contributed by atoms with van der Waals surface area (Å²) in [6.45, 7) is 8.74. The number of rotatable bonds is 5. The van der Waals surface area contributed by atoms with E-state index in [1.54, 1.807) is 6.92 Å². The lowest BCUT2D eigenvalue weighted by Crippen LogP contribution is -2.42. The second kappa shape index (κ2) is 8.46. The molecule has 0 aromatic carbocycles. The average molecular weight is 447 g/mol. The number of carbonyl (C=O) groups is 2. The van der Waals surface area contributed by atoms with Gasteiger partial charge in [-0.1, -0.05) is 39.5 Å². The van der Waals surface area contributed by atoms with Gasteiger partial charge in [-0.3, -0.25) is 20.4 Å². The summed E-state index contributed by atoms with van der Waals surface area (Å²) in [5.41, 5.74) is 6.60. The zero-order valence-corrected chi connectivity index (χ0v) is 19.8. The number of nitrogens with one attached hydrogen (secondary N) is 2. The topological polar surface area (TPSA) is 84.0 Å². The minimum absolute atomic E-state index is 0.200. The number of aromatic nitrogens is 2. The summed E-state index contributed by atoms with van der Waals surface area (Å²) in [7, 11) is 0. The Kier molecular flexibility index (Phi) is 6.08. The summed E-state index contributed by atoms with van der Waals surface area (Å²) >= 11 is 3.28. The van der Waals surface area contributed by atoms with Crippen molar-refractivity contribution in [3.05, 3.63) is 16.3 Å². The Morgan fingerprint density at radius 2 is 1.87 bits per heavy atom. The van der Waals surface area contributed by atoms with Crippen LogP contribution in [-0.4, -0.2) is 27.5 Å². The van der Waals surface area contributed by atoms with Crippen molar-refractivity contribution in [3.8, 4) is 0 Å². The van der Waals surface area contributed by atoms with Crippen LogP contribution < -0.4 is 10.9 Å². The average Bonchev–Trinajstić information content (AvgIpc) is 3.49. The smallest absolute Gasteiger partial charge is 0.248 e. The highest BCUT2D eigenvalue weighted by molar-refractivity contribution is 8.00. The zero-order valence-electron chi connectivity index (χ0n) is 18.1. The van der Waals surface area contributed by atoms with Crippen molar-refractivity contribution in [1.29, 1.82) is 0 Å². The predicted octanol–water partition coefficient (Wildman–Crippen LogP) is 4.37. The lowest BCUT2D eigenvalue weighted by atomic mass is 9.72. The summed E-state index contributed by atoms with van der Waals surface area (Å²) in [6.07, 6.45) is 5.97. The molecule has 1 atom stereocenters. The number of fused-ring (bicyclic) bond motifs is 3. The summed E-state index contributed by atoms with van der Waals surface area (Å²) in [5.74, 6) is 1.86. The van der Waals surface area contributed by atoms with Crippen molar-refractivity contribution < 1.29 is 9.59 Å². The molecule has 2 aromatic heterocycles. The van der Waals surface area contributed by atoms with E-state index < -0.39 is 0 Å². The van der Waals surface area contributed by atoms with Gasteiger partial charge in [0.1, 0.15) is 15.7 Å². The Balaban J connectivity index is 1.59. The Morgan fingerprint density at radius 3 is 2.53 bits per heavy atom. The largest absolute Gasteiger partial charge is 0.273 e. The van der Waals surface area contributed by atoms with Gasteiger partial charge in [-0.25, -0.2) is 9.97 Å². The molecule has 0 aliphatic heterocycles. The van der Waals surface area contributed by atoms with Crippen LogP contribution in [0.1, 0.15) is 75.6 Å². The van der Waals surface area contributed by atoms with Crippen LogP contribution in [0.2, 0.25) is 0 Å². The molecule has 0 unspecified atom stereocenters. The Morgan fingerprint density at radius 1 is 1.13 bits per heavy atom. The highest BCUT2D eigenvalue weighted by Crippen LogP contribution is 2.46. The van der Waals surface area contributed by atoms with Crippen LogP contribution in [0, 0.1) is 11.3 Å². The first-order chi connectivity index (χ1) is 14.3. The normalized spacial score (nSPS) is 18.9. The number of carbonyl (C=O) groups excluding carboxylic acids is 2. The number of hydrogen-bond donors (Lipinski definition) is 2. The monoisotopic (exact) mass is 446 g/mol. The number of aryl methyl sites for hydroxylation is 1. The van der Waals surface area contributed by atoms with E-state index in [0.717, 1.165) is 46.8 Å². The van der Waals surface area contributed by atoms with Gasteiger partial charge in [-0.15, -0.1) is 11.3 Å². The quantitative estimate of drug-likeness (QED) is 0.405. The molecule has 2 heterocycles. The van der Waals surface area contributed by atoms with E-state index in [2.05, 4.69) is 31.6 Å². The third-order valence-electron chi connectivity index (χ3n) is 6.06. The number of hydrogen-bond acceptors (Lipinski definition) is 6. The van der Waals surface area contributed by atoms with E-state index >= 15 is 0 Å². The van der Waals surface area contributed by atoms with Gasteiger partial charge >= 0.3 is 0 Å². The number of thioether (sulfide) groups is 1. The zero-order chi connectivity index (χ0) is 21.5. The van der Waals surface area contributed by atoms with Crippen molar-refractivity contribution in [2.45, 2.75) is 77.2 Å². The van der Waals surface area contributed by atoms with Gasteiger partial charge in [0.2, 0.25) is 11.8 Å². The molecule has 8 heteroatoms. The summed E-state index contributed by atoms with van der Waals surface area (Å²) < 4.78 is 0. The first kappa shape index (κ1) is 21.6. The van der Waals surface area contributed by atoms with Gasteiger partial charge in [-0.05, 0) is 49.0 Å². The highest BCUT2D eigenvalue weighted by Gasteiger charge is 2.33. The molecule has 1 saturated carbocycles. The molecule has 0 spiro atoms. The molecule has 0 saturated heterocycles. The standard InChI is InChI=1S/C22H30N4O2S2/c1-5-16(27)25-26-17(28)11-29-20-18-14-9-8-13(22(2,3)4)10-15(14)30-21(18)24-19(23-20)12-6-7-12/h12-13H,5-11H2,1-4H3,(H,25,27)(H,26,28)/t13-/m1/s1. The van der Waals surface area contributed by atoms with E-state index in [9.17, 15) is 9.59 Å². The maximum atomic E-state index is 12.2. The van der Waals surface area contributed by atoms with Gasteiger partial charge in [0.25, 0.3) is 0 Å². The van der Waals surface area contributed by atoms with Crippen LogP contribution in [0.4, 0.5) is 0 Å². The van der Waals surface area contributed by atoms with Crippen LogP contribution in [0.15, 0.2) is 5.03 Å². The van der Waals surface area contributed by atoms with Crippen LogP contribution in [0.3, 0.4) is 0 Å². The van der Waals surface area contributed by atoms with E-state index in [1.165, 1.54) is 28.6 Å². The fourth-order valence-electron chi connectivity index (χ4n) is 3.93. The maximum absolute atomic E-state index is 12.2. The molecule has 0 radical (unpaired) electrons. The summed E-state index contributed by atoms with van der Waals surface area (Å²) in [5, 5.41) is 2.08. The first-order valence-electron chi connectivity index (χ1n) is 10.8. The second-order valence-corrected chi connectivity index (χ2v) is 11.4. The first-order valence-corrected chi connectivity index (χ1v) is 12.6. The van der Waals surface area contributed by atoms with Gasteiger partial charge in [0, 0.05) is 22.6 Å². The molecule has 2 aromatic rings. The fourth-order valence-corrected chi connectivity index (χ4v) is 6.16. The van der Waals surface area contributed by atoms with E-state index in [0.29, 0.717) is 23.7 Å². The molecule has 2 aliphatic rings. The number of amides is 2. The summed E-state index contributed by atoms with van der Waals surface area (Å²) in [6, 6.07) is 0. The molecule has 1 fully saturated rings. The molecule has 0 bridgehead atoms. The third kappa shape index (κ3) is 4.64. The van der Waals surface area contributed by atoms with Crippen molar-refractivity contribution in [3.63, 3.8) is 0 Å². The van der Waals surface area contributed by atoms with Crippen molar-refractivity contribution in [2.24, 2.45) is 11.3 Å². The number of nitrogens with zero attached hydrogens (tertiary/aromatic N) is 2. The molecule has 162 valence electrons. The van der Waals surface area contributed by atoms with Gasteiger partial charge in [-0.2, -0.15) is 0 Å². The Bertz CT molecular complexity index is 976. The van der Waals surface area contributed by atoms with Crippen LogP contribution in [-0.2, 0) is 22.4 Å². The van der Waals surface area contributed by atoms with E-state index in [-0.39, 0.29) is 17.6 Å². The third-order valence-corrected chi connectivity index (χ3v) is 8.19. The molecule has 30 heavy (non-hydrogen) atoms. The second-order valence-electron chi connectivity index (χ2n) is 9.39. The molecule has 4 rings (SSSR count). The molecule has 2 N–H and O–H groups in total. The fraction of sp³-hybridized carbons (Fsp3) is 0.636. The Hall–Kier alpha value is -1.67. The molecular formula is C22H30N4O2S2. The number of thiophene rings is 1. The number of hydrazine groups is 1. The lowest BCUT2D eigenvalue weighted by Gasteiger charge is -2.33. The minimum atomic E-state index is -0.224. The lowest BCUT2D eigenvalue weighted by molar-refractivity contribution is -0.127. The van der Waals surface area contributed by atoms with Gasteiger partial charge < -0.3 is 0 Å². The molecule has 6 nitrogen and oxygen atoms in total. The minimum Gasteiger partial charge on any atom is -0.273 e.